The van der Waals surface area contributed by atoms with Gasteiger partial charge < -0.3 is 24.2 Å². The summed E-state index contributed by atoms with van der Waals surface area (Å²) in [6.07, 6.45) is 5.96. The van der Waals surface area contributed by atoms with Gasteiger partial charge in [-0.2, -0.15) is 0 Å². The number of unbranched alkanes of at least 4 members (excludes halogenated alkanes) is 5. The average Bonchev–Trinajstić information content (AvgIpc) is 2.75. The number of ether oxygens (including phenoxy) is 3. The molecule has 7 heteroatoms. The second-order valence-corrected chi connectivity index (χ2v) is 8.17. The van der Waals surface area contributed by atoms with E-state index in [0.29, 0.717) is 38.5 Å². The molecule has 0 saturated heterocycles. The molecule has 7 nitrogen and oxygen atoms in total. The Balaban J connectivity index is 2.51. The van der Waals surface area contributed by atoms with Gasteiger partial charge in [0.15, 0.2) is 6.10 Å². The monoisotopic (exact) mass is 451 g/mol. The summed E-state index contributed by atoms with van der Waals surface area (Å²) in [5, 5.41) is 9.21. The fraction of sp³-hybridized carbons (Fsp3) is 0.680. The SMILES string of the molecule is CCCCCCCCN(CCOc1ccc(CC(OCC)C(=O)O)cc1)C(=O)OC(C)C. The van der Waals surface area contributed by atoms with E-state index in [1.165, 1.54) is 25.7 Å². The molecule has 1 rings (SSSR count). The van der Waals surface area contributed by atoms with Crippen LogP contribution in [0.3, 0.4) is 0 Å². The molecule has 1 amide bonds. The van der Waals surface area contributed by atoms with Gasteiger partial charge >= 0.3 is 12.1 Å². The van der Waals surface area contributed by atoms with Crippen LogP contribution in [0.25, 0.3) is 0 Å². The molecule has 182 valence electrons. The lowest BCUT2D eigenvalue weighted by Gasteiger charge is -2.23. The highest BCUT2D eigenvalue weighted by atomic mass is 16.6. The molecule has 0 bridgehead atoms. The van der Waals surface area contributed by atoms with Crippen LogP contribution in [-0.2, 0) is 20.7 Å². The molecule has 1 N–H and O–H groups in total. The van der Waals surface area contributed by atoms with Gasteiger partial charge in [0, 0.05) is 19.6 Å². The molecule has 0 fully saturated rings. The van der Waals surface area contributed by atoms with E-state index in [-0.39, 0.29) is 12.2 Å². The summed E-state index contributed by atoms with van der Waals surface area (Å²) in [5.74, 6) is -0.292. The fourth-order valence-electron chi connectivity index (χ4n) is 3.28. The van der Waals surface area contributed by atoms with E-state index < -0.39 is 12.1 Å². The molecule has 0 aliphatic carbocycles. The molecule has 1 aromatic carbocycles. The summed E-state index contributed by atoms with van der Waals surface area (Å²) < 4.78 is 16.4. The Morgan fingerprint density at radius 3 is 2.22 bits per heavy atom. The van der Waals surface area contributed by atoms with E-state index in [4.69, 9.17) is 14.2 Å². The molecule has 32 heavy (non-hydrogen) atoms. The van der Waals surface area contributed by atoms with Gasteiger partial charge in [-0.15, -0.1) is 0 Å². The lowest BCUT2D eigenvalue weighted by molar-refractivity contribution is -0.149. The number of amides is 1. The zero-order chi connectivity index (χ0) is 23.8. The number of benzene rings is 1. The fourth-order valence-corrected chi connectivity index (χ4v) is 3.28. The summed E-state index contributed by atoms with van der Waals surface area (Å²) in [4.78, 5) is 25.4. The number of hydrogen-bond acceptors (Lipinski definition) is 5. The standard InChI is InChI=1S/C25H41NO6/c1-5-7-8-9-10-11-16-26(25(29)32-20(3)4)17-18-31-22-14-12-21(13-15-22)19-23(24(27)28)30-6-2/h12-15,20,23H,5-11,16-19H2,1-4H3,(H,27,28). The highest BCUT2D eigenvalue weighted by Gasteiger charge is 2.18. The minimum Gasteiger partial charge on any atom is -0.492 e. The van der Waals surface area contributed by atoms with Crippen molar-refractivity contribution in [2.45, 2.75) is 84.8 Å². The van der Waals surface area contributed by atoms with Crippen molar-refractivity contribution in [2.75, 3.05) is 26.3 Å². The van der Waals surface area contributed by atoms with Gasteiger partial charge in [-0.3, -0.25) is 0 Å². The third-order valence-corrected chi connectivity index (χ3v) is 4.99. The molecule has 0 saturated carbocycles. The molecular formula is C25H41NO6. The van der Waals surface area contributed by atoms with Crippen LogP contribution >= 0.6 is 0 Å². The van der Waals surface area contributed by atoms with Crippen molar-refractivity contribution >= 4 is 12.1 Å². The van der Waals surface area contributed by atoms with Crippen molar-refractivity contribution in [2.24, 2.45) is 0 Å². The second-order valence-electron chi connectivity index (χ2n) is 8.17. The Kier molecular flexibility index (Phi) is 14.2. The molecule has 0 aromatic heterocycles. The van der Waals surface area contributed by atoms with Crippen molar-refractivity contribution in [1.82, 2.24) is 4.90 Å². The number of nitrogens with zero attached hydrogens (tertiary/aromatic N) is 1. The number of carboxylic acids is 1. The van der Waals surface area contributed by atoms with Crippen LogP contribution in [0.2, 0.25) is 0 Å². The number of rotatable bonds is 17. The first-order chi connectivity index (χ1) is 15.4. The van der Waals surface area contributed by atoms with E-state index in [0.717, 1.165) is 18.4 Å². The predicted molar refractivity (Wildman–Crippen MR) is 125 cm³/mol. The Hall–Kier alpha value is -2.28. The van der Waals surface area contributed by atoms with Gasteiger partial charge in [0.25, 0.3) is 0 Å². The molecule has 0 radical (unpaired) electrons. The van der Waals surface area contributed by atoms with Gasteiger partial charge in [0.05, 0.1) is 12.6 Å². The Labute approximate surface area is 193 Å². The minimum absolute atomic E-state index is 0.158. The topological polar surface area (TPSA) is 85.3 Å². The molecule has 0 aliphatic heterocycles. The van der Waals surface area contributed by atoms with Crippen LogP contribution in [0.15, 0.2) is 24.3 Å². The first-order valence-corrected chi connectivity index (χ1v) is 11.9. The van der Waals surface area contributed by atoms with Crippen LogP contribution in [0.5, 0.6) is 5.75 Å². The van der Waals surface area contributed by atoms with Gasteiger partial charge in [-0.25, -0.2) is 9.59 Å². The third kappa shape index (κ3) is 11.9. The molecule has 0 spiro atoms. The van der Waals surface area contributed by atoms with Crippen LogP contribution in [0.4, 0.5) is 4.79 Å². The maximum absolute atomic E-state index is 12.4. The van der Waals surface area contributed by atoms with Crippen molar-refractivity contribution in [1.29, 1.82) is 0 Å². The summed E-state index contributed by atoms with van der Waals surface area (Å²) in [6, 6.07) is 7.30. The zero-order valence-electron chi connectivity index (χ0n) is 20.2. The zero-order valence-corrected chi connectivity index (χ0v) is 20.2. The molecule has 1 atom stereocenters. The van der Waals surface area contributed by atoms with E-state index in [2.05, 4.69) is 6.92 Å². The normalized spacial score (nSPS) is 11.9. The van der Waals surface area contributed by atoms with Gasteiger partial charge in [-0.05, 0) is 44.9 Å². The smallest absolute Gasteiger partial charge is 0.410 e. The number of carbonyl (C=O) groups is 2. The van der Waals surface area contributed by atoms with Crippen LogP contribution in [-0.4, -0.2) is 60.6 Å². The van der Waals surface area contributed by atoms with Gasteiger partial charge in [0.1, 0.15) is 12.4 Å². The van der Waals surface area contributed by atoms with Crippen molar-refractivity contribution in [3.63, 3.8) is 0 Å². The summed E-state index contributed by atoms with van der Waals surface area (Å²) in [5.41, 5.74) is 0.864. The average molecular weight is 452 g/mol. The van der Waals surface area contributed by atoms with Gasteiger partial charge in [0.2, 0.25) is 0 Å². The number of carboxylic acid groups (broad SMARTS) is 1. The molecular weight excluding hydrogens is 410 g/mol. The van der Waals surface area contributed by atoms with E-state index in [1.807, 2.05) is 38.1 Å². The number of carbonyl (C=O) groups excluding carboxylic acids is 1. The van der Waals surface area contributed by atoms with Crippen molar-refractivity contribution < 1.29 is 28.9 Å². The Morgan fingerprint density at radius 1 is 0.969 bits per heavy atom. The molecule has 0 heterocycles. The first kappa shape index (κ1) is 27.8. The van der Waals surface area contributed by atoms with E-state index >= 15 is 0 Å². The number of hydrogen-bond donors (Lipinski definition) is 1. The molecule has 1 unspecified atom stereocenters. The van der Waals surface area contributed by atoms with Crippen molar-refractivity contribution in [3.8, 4) is 5.75 Å². The largest absolute Gasteiger partial charge is 0.492 e. The third-order valence-electron chi connectivity index (χ3n) is 4.99. The molecule has 0 aliphatic rings. The van der Waals surface area contributed by atoms with Crippen LogP contribution in [0.1, 0.15) is 71.8 Å². The summed E-state index contributed by atoms with van der Waals surface area (Å²) >= 11 is 0. The number of aliphatic carboxylic acids is 1. The molecule has 1 aromatic rings. The quantitative estimate of drug-likeness (QED) is 0.323. The van der Waals surface area contributed by atoms with Gasteiger partial charge in [-0.1, -0.05) is 51.2 Å². The highest BCUT2D eigenvalue weighted by molar-refractivity contribution is 5.72. The first-order valence-electron chi connectivity index (χ1n) is 11.9. The summed E-state index contributed by atoms with van der Waals surface area (Å²) in [7, 11) is 0. The maximum Gasteiger partial charge on any atom is 0.410 e. The van der Waals surface area contributed by atoms with Crippen LogP contribution < -0.4 is 4.74 Å². The second kappa shape index (κ2) is 16.4. The van der Waals surface area contributed by atoms with Crippen LogP contribution in [0, 0.1) is 0 Å². The lowest BCUT2D eigenvalue weighted by atomic mass is 10.1. The van der Waals surface area contributed by atoms with Crippen molar-refractivity contribution in [3.05, 3.63) is 29.8 Å². The Bertz CT molecular complexity index is 646. The maximum atomic E-state index is 12.4. The Morgan fingerprint density at radius 2 is 1.62 bits per heavy atom. The van der Waals surface area contributed by atoms with E-state index in [1.54, 1.807) is 11.8 Å². The lowest BCUT2D eigenvalue weighted by Crippen LogP contribution is -2.37. The highest BCUT2D eigenvalue weighted by Crippen LogP contribution is 2.15. The minimum atomic E-state index is -0.967. The van der Waals surface area contributed by atoms with E-state index in [9.17, 15) is 14.7 Å². The predicted octanol–water partition coefficient (Wildman–Crippen LogP) is 5.31. The summed E-state index contributed by atoms with van der Waals surface area (Å²) in [6.45, 7) is 9.50.